The third-order valence-corrected chi connectivity index (χ3v) is 3.89. The van der Waals surface area contributed by atoms with Crippen molar-refractivity contribution in [3.8, 4) is 5.75 Å². The normalized spacial score (nSPS) is 10.7. The Balaban J connectivity index is 1.67. The standard InChI is InChI=1S/C17H18ClN5O2/c1-3-25-14-8-7-12(10-13(14)18)19-17(24)22(2)11-16-21-20-15-6-4-5-9-23(15)16/h4-10H,3,11H2,1-2H3,(H,19,24). The van der Waals surface area contributed by atoms with E-state index in [4.69, 9.17) is 16.3 Å². The number of benzene rings is 1. The summed E-state index contributed by atoms with van der Waals surface area (Å²) in [4.78, 5) is 13.9. The molecule has 0 aliphatic carbocycles. The maximum absolute atomic E-state index is 12.4. The van der Waals surface area contributed by atoms with Gasteiger partial charge in [0.15, 0.2) is 11.5 Å². The molecule has 130 valence electrons. The van der Waals surface area contributed by atoms with Crippen molar-refractivity contribution >= 4 is 29.0 Å². The second kappa shape index (κ2) is 7.40. The van der Waals surface area contributed by atoms with Crippen LogP contribution in [-0.4, -0.2) is 39.2 Å². The number of fused-ring (bicyclic) bond motifs is 1. The number of aromatic nitrogens is 3. The number of hydrogen-bond donors (Lipinski definition) is 1. The molecule has 0 bridgehead atoms. The fraction of sp³-hybridized carbons (Fsp3) is 0.235. The van der Waals surface area contributed by atoms with Crippen molar-refractivity contribution in [1.82, 2.24) is 19.5 Å². The van der Waals surface area contributed by atoms with Crippen LogP contribution < -0.4 is 10.1 Å². The molecule has 3 rings (SSSR count). The Bertz CT molecular complexity index is 896. The summed E-state index contributed by atoms with van der Waals surface area (Å²) in [5.74, 6) is 1.27. The number of pyridine rings is 1. The topological polar surface area (TPSA) is 71.8 Å². The predicted octanol–water partition coefficient (Wildman–Crippen LogP) is 3.45. The van der Waals surface area contributed by atoms with Gasteiger partial charge >= 0.3 is 6.03 Å². The molecule has 2 aromatic heterocycles. The van der Waals surface area contributed by atoms with E-state index in [-0.39, 0.29) is 6.03 Å². The zero-order valence-corrected chi connectivity index (χ0v) is 14.7. The zero-order chi connectivity index (χ0) is 17.8. The number of carbonyl (C=O) groups excluding carboxylic acids is 1. The zero-order valence-electron chi connectivity index (χ0n) is 13.9. The molecule has 25 heavy (non-hydrogen) atoms. The molecule has 8 heteroatoms. The van der Waals surface area contributed by atoms with E-state index < -0.39 is 0 Å². The van der Waals surface area contributed by atoms with Crippen LogP contribution in [0.3, 0.4) is 0 Å². The van der Waals surface area contributed by atoms with E-state index in [1.54, 1.807) is 25.2 Å². The lowest BCUT2D eigenvalue weighted by molar-refractivity contribution is 0.219. The van der Waals surface area contributed by atoms with Crippen molar-refractivity contribution in [2.24, 2.45) is 0 Å². The Morgan fingerprint density at radius 2 is 2.16 bits per heavy atom. The molecule has 2 heterocycles. The van der Waals surface area contributed by atoms with E-state index in [0.29, 0.717) is 35.4 Å². The smallest absolute Gasteiger partial charge is 0.321 e. The molecule has 1 aromatic carbocycles. The van der Waals surface area contributed by atoms with Crippen LogP contribution in [0.1, 0.15) is 12.7 Å². The highest BCUT2D eigenvalue weighted by Gasteiger charge is 2.14. The minimum absolute atomic E-state index is 0.270. The van der Waals surface area contributed by atoms with E-state index in [1.165, 1.54) is 4.90 Å². The molecule has 2 amide bonds. The second-order valence-corrected chi connectivity index (χ2v) is 5.82. The molecule has 7 nitrogen and oxygen atoms in total. The van der Waals surface area contributed by atoms with Crippen LogP contribution >= 0.6 is 11.6 Å². The number of hydrogen-bond acceptors (Lipinski definition) is 4. The van der Waals surface area contributed by atoms with Crippen molar-refractivity contribution in [2.45, 2.75) is 13.5 Å². The van der Waals surface area contributed by atoms with E-state index in [2.05, 4.69) is 15.5 Å². The molecular formula is C17H18ClN5O2. The maximum Gasteiger partial charge on any atom is 0.321 e. The van der Waals surface area contributed by atoms with Gasteiger partial charge in [0.2, 0.25) is 0 Å². The van der Waals surface area contributed by atoms with Gasteiger partial charge in [-0.15, -0.1) is 10.2 Å². The van der Waals surface area contributed by atoms with Crippen LogP contribution in [-0.2, 0) is 6.54 Å². The molecule has 0 atom stereocenters. The van der Waals surface area contributed by atoms with Crippen LogP contribution in [0.2, 0.25) is 5.02 Å². The van der Waals surface area contributed by atoms with Crippen molar-refractivity contribution in [3.63, 3.8) is 0 Å². The highest BCUT2D eigenvalue weighted by Crippen LogP contribution is 2.27. The third kappa shape index (κ3) is 3.83. The van der Waals surface area contributed by atoms with Gasteiger partial charge in [-0.1, -0.05) is 17.7 Å². The first-order chi connectivity index (χ1) is 12.1. The summed E-state index contributed by atoms with van der Waals surface area (Å²) in [5.41, 5.74) is 1.33. The minimum Gasteiger partial charge on any atom is -0.492 e. The first-order valence-electron chi connectivity index (χ1n) is 7.81. The van der Waals surface area contributed by atoms with Crippen molar-refractivity contribution < 1.29 is 9.53 Å². The number of rotatable bonds is 5. The Kier molecular flexibility index (Phi) is 5.04. The quantitative estimate of drug-likeness (QED) is 0.757. The van der Waals surface area contributed by atoms with Crippen molar-refractivity contribution in [1.29, 1.82) is 0 Å². The molecule has 0 radical (unpaired) electrons. The lowest BCUT2D eigenvalue weighted by atomic mass is 10.3. The number of amides is 2. The SMILES string of the molecule is CCOc1ccc(NC(=O)N(C)Cc2nnc3ccccn23)cc1Cl. The monoisotopic (exact) mass is 359 g/mol. The number of nitrogens with zero attached hydrogens (tertiary/aromatic N) is 4. The Morgan fingerprint density at radius 1 is 1.32 bits per heavy atom. The molecule has 1 N–H and O–H groups in total. The van der Waals surface area contributed by atoms with Gasteiger partial charge < -0.3 is 15.0 Å². The van der Waals surface area contributed by atoms with Gasteiger partial charge in [-0.05, 0) is 37.3 Å². The largest absolute Gasteiger partial charge is 0.492 e. The summed E-state index contributed by atoms with van der Waals surface area (Å²) >= 11 is 6.14. The van der Waals surface area contributed by atoms with Gasteiger partial charge in [-0.3, -0.25) is 4.40 Å². The number of ether oxygens (including phenoxy) is 1. The molecule has 0 aliphatic rings. The first-order valence-corrected chi connectivity index (χ1v) is 8.19. The first kappa shape index (κ1) is 17.0. The fourth-order valence-corrected chi connectivity index (χ4v) is 2.59. The van der Waals surface area contributed by atoms with Gasteiger partial charge in [-0.25, -0.2) is 4.79 Å². The van der Waals surface area contributed by atoms with E-state index in [0.717, 1.165) is 5.65 Å². The highest BCUT2D eigenvalue weighted by molar-refractivity contribution is 6.32. The van der Waals surface area contributed by atoms with Crippen molar-refractivity contribution in [2.75, 3.05) is 19.0 Å². The summed E-state index contributed by atoms with van der Waals surface area (Å²) < 4.78 is 7.23. The number of halogens is 1. The highest BCUT2D eigenvalue weighted by atomic mass is 35.5. The van der Waals surface area contributed by atoms with E-state index in [9.17, 15) is 4.79 Å². The van der Waals surface area contributed by atoms with Crippen LogP contribution in [0.15, 0.2) is 42.6 Å². The Morgan fingerprint density at radius 3 is 2.92 bits per heavy atom. The predicted molar refractivity (Wildman–Crippen MR) is 96.1 cm³/mol. The Hall–Kier alpha value is -2.80. The van der Waals surface area contributed by atoms with Gasteiger partial charge in [0.05, 0.1) is 18.2 Å². The van der Waals surface area contributed by atoms with Crippen LogP contribution in [0.4, 0.5) is 10.5 Å². The van der Waals surface area contributed by atoms with E-state index in [1.807, 2.05) is 35.7 Å². The summed E-state index contributed by atoms with van der Waals surface area (Å²) in [7, 11) is 1.69. The maximum atomic E-state index is 12.4. The number of anilines is 1. The van der Waals surface area contributed by atoms with Crippen LogP contribution in [0.25, 0.3) is 5.65 Å². The molecular weight excluding hydrogens is 342 g/mol. The Labute approximate surface area is 150 Å². The molecule has 3 aromatic rings. The summed E-state index contributed by atoms with van der Waals surface area (Å²) in [5, 5.41) is 11.5. The van der Waals surface area contributed by atoms with E-state index >= 15 is 0 Å². The average molecular weight is 360 g/mol. The summed E-state index contributed by atoms with van der Waals surface area (Å²) in [6.07, 6.45) is 1.86. The lowest BCUT2D eigenvalue weighted by Gasteiger charge is -2.17. The van der Waals surface area contributed by atoms with Crippen LogP contribution in [0.5, 0.6) is 5.75 Å². The van der Waals surface area contributed by atoms with Crippen molar-refractivity contribution in [3.05, 3.63) is 53.4 Å². The molecule has 0 fully saturated rings. The lowest BCUT2D eigenvalue weighted by Crippen LogP contribution is -2.31. The van der Waals surface area contributed by atoms with Gasteiger partial charge in [0.25, 0.3) is 0 Å². The third-order valence-electron chi connectivity index (χ3n) is 3.59. The number of urea groups is 1. The summed E-state index contributed by atoms with van der Waals surface area (Å²) in [6, 6.07) is 10.5. The minimum atomic E-state index is -0.270. The van der Waals surface area contributed by atoms with Crippen LogP contribution in [0, 0.1) is 0 Å². The van der Waals surface area contributed by atoms with Gasteiger partial charge in [-0.2, -0.15) is 0 Å². The molecule has 0 saturated carbocycles. The van der Waals surface area contributed by atoms with Gasteiger partial charge in [0, 0.05) is 18.9 Å². The molecule has 0 saturated heterocycles. The molecule has 0 unspecified atom stereocenters. The van der Waals surface area contributed by atoms with Gasteiger partial charge in [0.1, 0.15) is 5.75 Å². The summed E-state index contributed by atoms with van der Waals surface area (Å²) in [6.45, 7) is 2.73. The molecule has 0 aliphatic heterocycles. The average Bonchev–Trinajstić information content (AvgIpc) is 3.00. The number of nitrogens with one attached hydrogen (secondary N) is 1. The fourth-order valence-electron chi connectivity index (χ4n) is 2.35. The number of carbonyl (C=O) groups is 1. The molecule has 0 spiro atoms. The second-order valence-electron chi connectivity index (χ2n) is 5.41.